The van der Waals surface area contributed by atoms with Gasteiger partial charge in [-0.2, -0.15) is 0 Å². The Morgan fingerprint density at radius 1 is 0.867 bits per heavy atom. The van der Waals surface area contributed by atoms with Crippen LogP contribution in [0.15, 0.2) is 53.5 Å². The molecule has 0 saturated carbocycles. The lowest BCUT2D eigenvalue weighted by Gasteiger charge is -1.92. The predicted molar refractivity (Wildman–Crippen MR) is 62.4 cm³/mol. The zero-order valence-corrected chi connectivity index (χ0v) is 8.18. The van der Waals surface area contributed by atoms with Crippen LogP contribution in [0.25, 0.3) is 12.2 Å². The summed E-state index contributed by atoms with van der Waals surface area (Å²) in [5, 5.41) is 0. The number of rotatable bonds is 2. The van der Waals surface area contributed by atoms with E-state index in [1.54, 1.807) is 12.3 Å². The quantitative estimate of drug-likeness (QED) is 0.788. The molecule has 15 heavy (non-hydrogen) atoms. The van der Waals surface area contributed by atoms with Crippen LogP contribution in [-0.4, -0.2) is 4.98 Å². The van der Waals surface area contributed by atoms with E-state index >= 15 is 0 Å². The third-order valence-corrected chi connectivity index (χ3v) is 2.08. The van der Waals surface area contributed by atoms with Crippen molar-refractivity contribution in [3.63, 3.8) is 0 Å². The Labute approximate surface area is 87.9 Å². The molecule has 2 rings (SSSR count). The van der Waals surface area contributed by atoms with E-state index in [0.717, 1.165) is 11.1 Å². The molecule has 2 nitrogen and oxygen atoms in total. The van der Waals surface area contributed by atoms with Crippen molar-refractivity contribution in [2.45, 2.75) is 0 Å². The van der Waals surface area contributed by atoms with Gasteiger partial charge < -0.3 is 4.98 Å². The average Bonchev–Trinajstić information content (AvgIpc) is 2.30. The van der Waals surface area contributed by atoms with Gasteiger partial charge in [0.05, 0.1) is 0 Å². The first-order valence-electron chi connectivity index (χ1n) is 4.76. The van der Waals surface area contributed by atoms with Crippen LogP contribution in [0.2, 0.25) is 0 Å². The van der Waals surface area contributed by atoms with Gasteiger partial charge in [0.2, 0.25) is 5.56 Å². The van der Waals surface area contributed by atoms with Gasteiger partial charge in [-0.25, -0.2) is 0 Å². The fourth-order valence-electron chi connectivity index (χ4n) is 1.28. The highest BCUT2D eigenvalue weighted by Gasteiger charge is 1.86. The Morgan fingerprint density at radius 3 is 2.27 bits per heavy atom. The number of pyridine rings is 1. The largest absolute Gasteiger partial charge is 0.329 e. The van der Waals surface area contributed by atoms with E-state index in [1.165, 1.54) is 6.07 Å². The average molecular weight is 197 g/mol. The summed E-state index contributed by atoms with van der Waals surface area (Å²) in [6.07, 6.45) is 5.67. The number of hydrogen-bond donors (Lipinski definition) is 1. The molecule has 2 aromatic rings. The van der Waals surface area contributed by atoms with Gasteiger partial charge in [0.15, 0.2) is 0 Å². The van der Waals surface area contributed by atoms with E-state index in [9.17, 15) is 4.79 Å². The van der Waals surface area contributed by atoms with E-state index in [4.69, 9.17) is 0 Å². The van der Waals surface area contributed by atoms with Crippen molar-refractivity contribution in [1.29, 1.82) is 0 Å². The van der Waals surface area contributed by atoms with E-state index in [-0.39, 0.29) is 5.56 Å². The molecule has 0 spiro atoms. The molecule has 0 bridgehead atoms. The molecule has 2 heteroatoms. The maximum Gasteiger partial charge on any atom is 0.247 e. The van der Waals surface area contributed by atoms with Crippen LogP contribution in [0, 0.1) is 0 Å². The van der Waals surface area contributed by atoms with Crippen LogP contribution in [-0.2, 0) is 0 Å². The van der Waals surface area contributed by atoms with Gasteiger partial charge in [0.1, 0.15) is 0 Å². The van der Waals surface area contributed by atoms with Crippen LogP contribution < -0.4 is 5.56 Å². The summed E-state index contributed by atoms with van der Waals surface area (Å²) < 4.78 is 0. The Hall–Kier alpha value is -2.09. The van der Waals surface area contributed by atoms with Gasteiger partial charge in [-0.1, -0.05) is 42.5 Å². The summed E-state index contributed by atoms with van der Waals surface area (Å²) in [5.74, 6) is 0. The van der Waals surface area contributed by atoms with Crippen molar-refractivity contribution >= 4 is 12.2 Å². The smallest absolute Gasteiger partial charge is 0.247 e. The van der Waals surface area contributed by atoms with E-state index < -0.39 is 0 Å². The third-order valence-electron chi connectivity index (χ3n) is 2.08. The van der Waals surface area contributed by atoms with Gasteiger partial charge in [-0.3, -0.25) is 4.79 Å². The summed E-state index contributed by atoms with van der Waals surface area (Å²) in [7, 11) is 0. The van der Waals surface area contributed by atoms with Crippen LogP contribution in [0.1, 0.15) is 11.1 Å². The zero-order valence-electron chi connectivity index (χ0n) is 8.18. The number of benzene rings is 1. The van der Waals surface area contributed by atoms with Crippen molar-refractivity contribution in [3.8, 4) is 0 Å². The molecule has 74 valence electrons. The van der Waals surface area contributed by atoms with Gasteiger partial charge in [-0.05, 0) is 17.2 Å². The molecule has 0 saturated heterocycles. The number of aromatic nitrogens is 1. The Balaban J connectivity index is 2.19. The fraction of sp³-hybridized carbons (Fsp3) is 0. The number of nitrogens with one attached hydrogen (secondary N) is 1. The number of aromatic amines is 1. The third kappa shape index (κ3) is 2.68. The fourth-order valence-corrected chi connectivity index (χ4v) is 1.28. The maximum absolute atomic E-state index is 10.8. The molecule has 1 heterocycles. The van der Waals surface area contributed by atoms with Gasteiger partial charge in [-0.15, -0.1) is 0 Å². The van der Waals surface area contributed by atoms with Gasteiger partial charge in [0.25, 0.3) is 0 Å². The maximum atomic E-state index is 10.8. The summed E-state index contributed by atoms with van der Waals surface area (Å²) in [4.78, 5) is 13.4. The Morgan fingerprint density at radius 2 is 1.60 bits per heavy atom. The Bertz CT molecular complexity index is 491. The van der Waals surface area contributed by atoms with E-state index in [2.05, 4.69) is 4.98 Å². The highest BCUT2D eigenvalue weighted by Crippen LogP contribution is 2.05. The summed E-state index contributed by atoms with van der Waals surface area (Å²) >= 11 is 0. The molecule has 0 unspecified atom stereocenters. The first-order valence-corrected chi connectivity index (χ1v) is 4.76. The van der Waals surface area contributed by atoms with Gasteiger partial charge >= 0.3 is 0 Å². The molecule has 0 radical (unpaired) electrons. The normalized spacial score (nSPS) is 10.7. The first kappa shape index (κ1) is 9.46. The van der Waals surface area contributed by atoms with Crippen LogP contribution in [0.3, 0.4) is 0 Å². The second-order valence-corrected chi connectivity index (χ2v) is 3.23. The van der Waals surface area contributed by atoms with E-state index in [1.807, 2.05) is 42.5 Å². The van der Waals surface area contributed by atoms with Crippen LogP contribution in [0.5, 0.6) is 0 Å². The summed E-state index contributed by atoms with van der Waals surface area (Å²) in [5.41, 5.74) is 2.05. The highest BCUT2D eigenvalue weighted by molar-refractivity contribution is 5.68. The van der Waals surface area contributed by atoms with Crippen LogP contribution >= 0.6 is 0 Å². The molecule has 1 aromatic heterocycles. The number of hydrogen-bond acceptors (Lipinski definition) is 1. The van der Waals surface area contributed by atoms with Crippen molar-refractivity contribution in [1.82, 2.24) is 4.98 Å². The first-order chi connectivity index (χ1) is 7.34. The Kier molecular flexibility index (Phi) is 2.79. The van der Waals surface area contributed by atoms with Crippen molar-refractivity contribution in [2.24, 2.45) is 0 Å². The molecular weight excluding hydrogens is 186 g/mol. The minimum atomic E-state index is -0.0770. The molecule has 0 aliphatic heterocycles. The predicted octanol–water partition coefficient (Wildman–Crippen LogP) is 2.55. The molecule has 0 aliphatic carbocycles. The second kappa shape index (κ2) is 4.42. The van der Waals surface area contributed by atoms with Crippen molar-refractivity contribution in [3.05, 3.63) is 70.1 Å². The number of H-pyrrole nitrogens is 1. The lowest BCUT2D eigenvalue weighted by atomic mass is 10.2. The minimum absolute atomic E-state index is 0.0770. The molecule has 0 amide bonds. The van der Waals surface area contributed by atoms with Crippen molar-refractivity contribution < 1.29 is 0 Å². The summed E-state index contributed by atoms with van der Waals surface area (Å²) in [6.45, 7) is 0. The van der Waals surface area contributed by atoms with Crippen molar-refractivity contribution in [2.75, 3.05) is 0 Å². The zero-order chi connectivity index (χ0) is 10.5. The van der Waals surface area contributed by atoms with Gasteiger partial charge in [0, 0.05) is 12.3 Å². The molecule has 0 atom stereocenters. The minimum Gasteiger partial charge on any atom is -0.329 e. The lowest BCUT2D eigenvalue weighted by Crippen LogP contribution is -2.00. The molecule has 0 aliphatic rings. The monoisotopic (exact) mass is 197 g/mol. The molecule has 1 N–H and O–H groups in total. The molecule has 0 fully saturated rings. The standard InChI is InChI=1S/C13H11NO/c15-13-9-8-12(10-14-13)7-6-11-4-2-1-3-5-11/h1-10H,(H,14,15)/b7-6+. The van der Waals surface area contributed by atoms with E-state index in [0.29, 0.717) is 0 Å². The summed E-state index contributed by atoms with van der Waals surface area (Å²) in [6, 6.07) is 13.3. The lowest BCUT2D eigenvalue weighted by molar-refractivity contribution is 1.23. The SMILES string of the molecule is O=c1ccc(/C=C/c2ccccc2)c[nH]1. The topological polar surface area (TPSA) is 32.9 Å². The molecular formula is C13H11NO. The van der Waals surface area contributed by atoms with Crippen LogP contribution in [0.4, 0.5) is 0 Å². The second-order valence-electron chi connectivity index (χ2n) is 3.23. The molecule has 1 aromatic carbocycles. The highest BCUT2D eigenvalue weighted by atomic mass is 16.1.